The minimum atomic E-state index is 0.644. The zero-order valence-electron chi connectivity index (χ0n) is 6.21. The molecule has 0 fully saturated rings. The maximum atomic E-state index is 5.28. The molecule has 3 nitrogen and oxygen atoms in total. The lowest BCUT2D eigenvalue weighted by Gasteiger charge is -1.97. The Morgan fingerprint density at radius 1 is 1.55 bits per heavy atom. The van der Waals surface area contributed by atoms with E-state index in [0.29, 0.717) is 5.19 Å². The first-order chi connectivity index (χ1) is 5.33. The predicted octanol–water partition coefficient (Wildman–Crippen LogP) is 2.48. The molecule has 0 amide bonds. The number of unbranched alkanes of at least 4 members (excludes halogenated alkanes) is 1. The lowest BCUT2D eigenvalue weighted by Crippen LogP contribution is -1.95. The molecule has 0 aliphatic carbocycles. The SMILES string of the molecule is CCCCOc1nnc(Br)s1. The molecule has 0 bridgehead atoms. The topological polar surface area (TPSA) is 35.0 Å². The molecule has 62 valence electrons. The van der Waals surface area contributed by atoms with Crippen LogP contribution in [0.4, 0.5) is 0 Å². The number of hydrogen-bond acceptors (Lipinski definition) is 4. The summed E-state index contributed by atoms with van der Waals surface area (Å²) in [5, 5.41) is 8.19. The first-order valence-corrected chi connectivity index (χ1v) is 5.05. The lowest BCUT2D eigenvalue weighted by molar-refractivity contribution is 0.305. The fraction of sp³-hybridized carbons (Fsp3) is 0.667. The van der Waals surface area contributed by atoms with Gasteiger partial charge in [-0.05, 0) is 33.7 Å². The third kappa shape index (κ3) is 3.16. The Bertz CT molecular complexity index is 216. The summed E-state index contributed by atoms with van der Waals surface area (Å²) in [6, 6.07) is 0. The van der Waals surface area contributed by atoms with E-state index < -0.39 is 0 Å². The molecule has 0 aliphatic heterocycles. The zero-order valence-corrected chi connectivity index (χ0v) is 8.61. The van der Waals surface area contributed by atoms with E-state index in [0.717, 1.165) is 23.4 Å². The number of rotatable bonds is 4. The second-order valence-corrected chi connectivity index (χ2v) is 4.24. The van der Waals surface area contributed by atoms with E-state index in [1.54, 1.807) is 0 Å². The van der Waals surface area contributed by atoms with Crippen LogP contribution in [-0.2, 0) is 0 Å². The van der Waals surface area contributed by atoms with Crippen molar-refractivity contribution in [2.45, 2.75) is 19.8 Å². The van der Waals surface area contributed by atoms with Gasteiger partial charge in [0.15, 0.2) is 3.92 Å². The number of ether oxygens (including phenoxy) is 1. The molecule has 5 heteroatoms. The van der Waals surface area contributed by atoms with Crippen LogP contribution in [0.15, 0.2) is 3.92 Å². The van der Waals surface area contributed by atoms with Crippen molar-refractivity contribution in [3.05, 3.63) is 3.92 Å². The van der Waals surface area contributed by atoms with Gasteiger partial charge in [-0.1, -0.05) is 18.4 Å². The van der Waals surface area contributed by atoms with Gasteiger partial charge in [0.25, 0.3) is 5.19 Å². The molecule has 0 radical (unpaired) electrons. The van der Waals surface area contributed by atoms with E-state index in [1.807, 2.05) is 0 Å². The second kappa shape index (κ2) is 4.66. The van der Waals surface area contributed by atoms with Crippen molar-refractivity contribution in [3.8, 4) is 5.19 Å². The Morgan fingerprint density at radius 3 is 2.91 bits per heavy atom. The number of nitrogens with zero attached hydrogens (tertiary/aromatic N) is 2. The van der Waals surface area contributed by atoms with Crippen LogP contribution in [0.5, 0.6) is 5.19 Å². The highest BCUT2D eigenvalue weighted by Crippen LogP contribution is 2.22. The summed E-state index contributed by atoms with van der Waals surface area (Å²) < 4.78 is 6.05. The lowest BCUT2D eigenvalue weighted by atomic mass is 10.4. The summed E-state index contributed by atoms with van der Waals surface area (Å²) in [6.45, 7) is 2.86. The molecular formula is C6H9BrN2OS. The summed E-state index contributed by atoms with van der Waals surface area (Å²) in [6.07, 6.45) is 2.21. The first kappa shape index (κ1) is 8.93. The molecule has 0 unspecified atom stereocenters. The van der Waals surface area contributed by atoms with Gasteiger partial charge >= 0.3 is 0 Å². The van der Waals surface area contributed by atoms with Crippen LogP contribution in [0.1, 0.15) is 19.8 Å². The number of halogens is 1. The monoisotopic (exact) mass is 236 g/mol. The molecule has 0 saturated heterocycles. The smallest absolute Gasteiger partial charge is 0.294 e. The van der Waals surface area contributed by atoms with Crippen molar-refractivity contribution < 1.29 is 4.74 Å². The van der Waals surface area contributed by atoms with Crippen LogP contribution in [-0.4, -0.2) is 16.8 Å². The number of aromatic nitrogens is 2. The van der Waals surface area contributed by atoms with Gasteiger partial charge in [0, 0.05) is 0 Å². The van der Waals surface area contributed by atoms with Gasteiger partial charge in [0.2, 0.25) is 0 Å². The normalized spacial score (nSPS) is 10.0. The fourth-order valence-electron chi connectivity index (χ4n) is 0.555. The molecule has 0 spiro atoms. The summed E-state index contributed by atoms with van der Waals surface area (Å²) in [5.41, 5.74) is 0. The zero-order chi connectivity index (χ0) is 8.10. The molecule has 0 N–H and O–H groups in total. The molecule has 0 aliphatic rings. The predicted molar refractivity (Wildman–Crippen MR) is 48.0 cm³/mol. The van der Waals surface area contributed by atoms with Crippen molar-refractivity contribution in [2.24, 2.45) is 0 Å². The quantitative estimate of drug-likeness (QED) is 0.754. The summed E-state index contributed by atoms with van der Waals surface area (Å²) in [5.74, 6) is 0. The summed E-state index contributed by atoms with van der Waals surface area (Å²) in [4.78, 5) is 0. The van der Waals surface area contributed by atoms with Crippen molar-refractivity contribution in [1.29, 1.82) is 0 Å². The molecule has 1 aromatic heterocycles. The Kier molecular flexibility index (Phi) is 3.79. The van der Waals surface area contributed by atoms with Gasteiger partial charge in [-0.25, -0.2) is 0 Å². The third-order valence-corrected chi connectivity index (χ3v) is 2.37. The van der Waals surface area contributed by atoms with Gasteiger partial charge in [-0.2, -0.15) is 0 Å². The second-order valence-electron chi connectivity index (χ2n) is 2.02. The Hall–Kier alpha value is -0.160. The Balaban J connectivity index is 2.27. The molecule has 0 saturated carbocycles. The Morgan fingerprint density at radius 2 is 2.36 bits per heavy atom. The van der Waals surface area contributed by atoms with Crippen LogP contribution in [0, 0.1) is 0 Å². The maximum absolute atomic E-state index is 5.28. The summed E-state index contributed by atoms with van der Waals surface area (Å²) in [7, 11) is 0. The maximum Gasteiger partial charge on any atom is 0.294 e. The van der Waals surface area contributed by atoms with E-state index in [-0.39, 0.29) is 0 Å². The standard InChI is InChI=1S/C6H9BrN2OS/c1-2-3-4-10-6-9-8-5(7)11-6/h2-4H2,1H3. The summed E-state index contributed by atoms with van der Waals surface area (Å²) >= 11 is 4.62. The molecule has 11 heavy (non-hydrogen) atoms. The van der Waals surface area contributed by atoms with Gasteiger partial charge in [-0.3, -0.25) is 0 Å². The highest BCUT2D eigenvalue weighted by molar-refractivity contribution is 9.11. The van der Waals surface area contributed by atoms with Crippen molar-refractivity contribution in [1.82, 2.24) is 10.2 Å². The number of hydrogen-bond donors (Lipinski definition) is 0. The first-order valence-electron chi connectivity index (χ1n) is 3.44. The van der Waals surface area contributed by atoms with E-state index in [4.69, 9.17) is 4.74 Å². The van der Waals surface area contributed by atoms with Gasteiger partial charge in [0.05, 0.1) is 6.61 Å². The van der Waals surface area contributed by atoms with E-state index >= 15 is 0 Å². The van der Waals surface area contributed by atoms with E-state index in [1.165, 1.54) is 11.3 Å². The highest BCUT2D eigenvalue weighted by Gasteiger charge is 2.00. The van der Waals surface area contributed by atoms with Crippen LogP contribution < -0.4 is 4.74 Å². The highest BCUT2D eigenvalue weighted by atomic mass is 79.9. The molecule has 0 aromatic carbocycles. The van der Waals surface area contributed by atoms with Gasteiger partial charge in [0.1, 0.15) is 0 Å². The van der Waals surface area contributed by atoms with Gasteiger partial charge in [-0.15, -0.1) is 5.10 Å². The molecule has 1 heterocycles. The molecule has 1 rings (SSSR count). The average molecular weight is 237 g/mol. The minimum Gasteiger partial charge on any atom is -0.469 e. The van der Waals surface area contributed by atoms with Crippen LogP contribution in [0.2, 0.25) is 0 Å². The van der Waals surface area contributed by atoms with E-state index in [9.17, 15) is 0 Å². The van der Waals surface area contributed by atoms with Crippen molar-refractivity contribution in [2.75, 3.05) is 6.61 Å². The van der Waals surface area contributed by atoms with Crippen LogP contribution >= 0.6 is 27.3 Å². The average Bonchev–Trinajstić information content (AvgIpc) is 2.37. The molecule has 0 atom stereocenters. The molecular weight excluding hydrogens is 228 g/mol. The van der Waals surface area contributed by atoms with Crippen LogP contribution in [0.25, 0.3) is 0 Å². The largest absolute Gasteiger partial charge is 0.469 e. The molecule has 1 aromatic rings. The Labute approximate surface area is 77.9 Å². The fourth-order valence-corrected chi connectivity index (χ4v) is 1.50. The van der Waals surface area contributed by atoms with Crippen LogP contribution in [0.3, 0.4) is 0 Å². The van der Waals surface area contributed by atoms with Gasteiger partial charge < -0.3 is 4.74 Å². The van der Waals surface area contributed by atoms with Crippen molar-refractivity contribution in [3.63, 3.8) is 0 Å². The third-order valence-electron chi connectivity index (χ3n) is 1.11. The van der Waals surface area contributed by atoms with Crippen molar-refractivity contribution >= 4 is 27.3 Å². The van der Waals surface area contributed by atoms with E-state index in [2.05, 4.69) is 33.1 Å². The minimum absolute atomic E-state index is 0.644.